The van der Waals surface area contributed by atoms with Crippen molar-refractivity contribution in [2.45, 2.75) is 46.2 Å². The van der Waals surface area contributed by atoms with E-state index >= 15 is 0 Å². The number of nitrogens with one attached hydrogen (secondary N) is 1. The zero-order valence-corrected chi connectivity index (χ0v) is 18.1. The zero-order valence-electron chi connectivity index (χ0n) is 18.1. The molecule has 0 saturated carbocycles. The van der Waals surface area contributed by atoms with Crippen molar-refractivity contribution in [1.82, 2.24) is 20.0 Å². The number of likely N-dealkylation sites (tertiary alicyclic amines) is 1. The van der Waals surface area contributed by atoms with E-state index in [0.717, 1.165) is 49.4 Å². The second kappa shape index (κ2) is 8.84. The van der Waals surface area contributed by atoms with Gasteiger partial charge in [0.1, 0.15) is 0 Å². The molecule has 5 nitrogen and oxygen atoms in total. The summed E-state index contributed by atoms with van der Waals surface area (Å²) in [6.07, 6.45) is 3.63. The molecule has 0 unspecified atom stereocenters. The summed E-state index contributed by atoms with van der Waals surface area (Å²) in [5.74, 6) is -0.0236. The molecule has 0 radical (unpaired) electrons. The normalized spacial score (nSPS) is 15.3. The van der Waals surface area contributed by atoms with Crippen LogP contribution in [-0.4, -0.2) is 39.7 Å². The molecule has 4 rings (SSSR count). The van der Waals surface area contributed by atoms with Gasteiger partial charge in [-0.2, -0.15) is 5.10 Å². The molecule has 0 bridgehead atoms. The number of aryl methyl sites for hydroxylation is 2. The molecule has 1 N–H and O–H groups in total. The third-order valence-electron chi connectivity index (χ3n) is 6.01. The van der Waals surface area contributed by atoms with Gasteiger partial charge in [-0.3, -0.25) is 9.69 Å². The number of nitrogens with zero attached hydrogens (tertiary/aromatic N) is 3. The Morgan fingerprint density at radius 3 is 2.57 bits per heavy atom. The summed E-state index contributed by atoms with van der Waals surface area (Å²) in [6, 6.07) is 17.0. The topological polar surface area (TPSA) is 50.2 Å². The first-order chi connectivity index (χ1) is 14.5. The fraction of sp³-hybridized carbons (Fsp3) is 0.360. The first-order valence-electron chi connectivity index (χ1n) is 10.7. The Morgan fingerprint density at radius 1 is 1.07 bits per heavy atom. The second-order valence-corrected chi connectivity index (χ2v) is 8.35. The van der Waals surface area contributed by atoms with Crippen LogP contribution in [0.3, 0.4) is 0 Å². The molecule has 2 aromatic carbocycles. The van der Waals surface area contributed by atoms with Crippen LogP contribution in [0.15, 0.2) is 54.7 Å². The molecular weight excluding hydrogens is 372 g/mol. The maximum Gasteiger partial charge on any atom is 0.254 e. The number of carbonyl (C=O) groups excluding carboxylic acids is 1. The summed E-state index contributed by atoms with van der Waals surface area (Å²) in [5, 5.41) is 7.70. The number of carbonyl (C=O) groups is 1. The van der Waals surface area contributed by atoms with Gasteiger partial charge in [0.15, 0.2) is 0 Å². The van der Waals surface area contributed by atoms with Gasteiger partial charge in [-0.1, -0.05) is 48.0 Å². The highest BCUT2D eigenvalue weighted by Crippen LogP contribution is 2.19. The Labute approximate surface area is 178 Å². The van der Waals surface area contributed by atoms with E-state index in [1.165, 1.54) is 11.1 Å². The first-order valence-corrected chi connectivity index (χ1v) is 10.7. The van der Waals surface area contributed by atoms with Crippen molar-refractivity contribution < 1.29 is 4.79 Å². The number of amides is 1. The fourth-order valence-electron chi connectivity index (χ4n) is 4.24. The Hall–Kier alpha value is -2.92. The molecule has 1 aromatic heterocycles. The van der Waals surface area contributed by atoms with Crippen molar-refractivity contribution in [3.05, 3.63) is 82.7 Å². The van der Waals surface area contributed by atoms with E-state index in [0.29, 0.717) is 5.56 Å². The number of para-hydroxylation sites is 1. The van der Waals surface area contributed by atoms with Gasteiger partial charge in [0.2, 0.25) is 0 Å². The van der Waals surface area contributed by atoms with E-state index < -0.39 is 0 Å². The van der Waals surface area contributed by atoms with Gasteiger partial charge in [0, 0.05) is 25.7 Å². The highest BCUT2D eigenvalue weighted by atomic mass is 16.1. The third-order valence-corrected chi connectivity index (χ3v) is 6.01. The van der Waals surface area contributed by atoms with Crippen molar-refractivity contribution in [2.24, 2.45) is 0 Å². The lowest BCUT2D eigenvalue weighted by Gasteiger charge is -2.32. The maximum atomic E-state index is 12.9. The highest BCUT2D eigenvalue weighted by molar-refractivity contribution is 5.95. The first kappa shape index (κ1) is 20.4. The number of piperidine rings is 1. The summed E-state index contributed by atoms with van der Waals surface area (Å²) in [5.41, 5.74) is 6.34. The van der Waals surface area contributed by atoms with Crippen LogP contribution in [0.4, 0.5) is 0 Å². The third kappa shape index (κ3) is 4.46. The van der Waals surface area contributed by atoms with Crippen molar-refractivity contribution >= 4 is 5.91 Å². The minimum atomic E-state index is -0.0236. The number of hydrogen-bond donors (Lipinski definition) is 1. The average Bonchev–Trinajstić information content (AvgIpc) is 3.11. The van der Waals surface area contributed by atoms with Crippen LogP contribution in [0.25, 0.3) is 5.69 Å². The number of benzene rings is 2. The molecule has 1 aliphatic heterocycles. The summed E-state index contributed by atoms with van der Waals surface area (Å²) < 4.78 is 1.86. The quantitative estimate of drug-likeness (QED) is 0.696. The van der Waals surface area contributed by atoms with Crippen LogP contribution in [-0.2, 0) is 6.54 Å². The van der Waals surface area contributed by atoms with Gasteiger partial charge >= 0.3 is 0 Å². The predicted molar refractivity (Wildman–Crippen MR) is 120 cm³/mol. The molecule has 30 heavy (non-hydrogen) atoms. The summed E-state index contributed by atoms with van der Waals surface area (Å²) in [4.78, 5) is 15.4. The lowest BCUT2D eigenvalue weighted by Crippen LogP contribution is -2.44. The molecule has 0 spiro atoms. The fourth-order valence-corrected chi connectivity index (χ4v) is 4.24. The molecular formula is C25H30N4O. The van der Waals surface area contributed by atoms with Gasteiger partial charge in [-0.15, -0.1) is 0 Å². The summed E-state index contributed by atoms with van der Waals surface area (Å²) in [6.45, 7) is 9.12. The molecule has 1 fully saturated rings. The lowest BCUT2D eigenvalue weighted by molar-refractivity contribution is 0.0908. The van der Waals surface area contributed by atoms with Crippen molar-refractivity contribution in [2.75, 3.05) is 13.1 Å². The van der Waals surface area contributed by atoms with Crippen LogP contribution < -0.4 is 5.32 Å². The minimum absolute atomic E-state index is 0.0236. The van der Waals surface area contributed by atoms with Gasteiger partial charge in [0.05, 0.1) is 23.1 Å². The van der Waals surface area contributed by atoms with Crippen LogP contribution in [0.5, 0.6) is 0 Å². The maximum absolute atomic E-state index is 12.9. The number of aromatic nitrogens is 2. The molecule has 156 valence electrons. The Morgan fingerprint density at radius 2 is 1.83 bits per heavy atom. The molecule has 0 atom stereocenters. The molecule has 2 heterocycles. The van der Waals surface area contributed by atoms with Crippen molar-refractivity contribution in [1.29, 1.82) is 0 Å². The van der Waals surface area contributed by atoms with Crippen LogP contribution in [0.2, 0.25) is 0 Å². The average molecular weight is 403 g/mol. The summed E-state index contributed by atoms with van der Waals surface area (Å²) >= 11 is 0. The van der Waals surface area contributed by atoms with Gasteiger partial charge in [-0.05, 0) is 50.8 Å². The molecule has 5 heteroatoms. The molecule has 1 amide bonds. The SMILES string of the molecule is Cc1cccc(CN2CCC(NC(=O)c3cnn(-c4ccccc4C)c3C)CC2)c1. The predicted octanol–water partition coefficient (Wildman–Crippen LogP) is 4.19. The largest absolute Gasteiger partial charge is 0.349 e. The number of rotatable bonds is 5. The molecule has 1 saturated heterocycles. The van der Waals surface area contributed by atoms with Crippen LogP contribution in [0, 0.1) is 20.8 Å². The van der Waals surface area contributed by atoms with Crippen LogP contribution >= 0.6 is 0 Å². The van der Waals surface area contributed by atoms with E-state index in [2.05, 4.69) is 59.5 Å². The van der Waals surface area contributed by atoms with E-state index in [4.69, 9.17) is 0 Å². The molecule has 3 aromatic rings. The molecule has 1 aliphatic rings. The van der Waals surface area contributed by atoms with Crippen LogP contribution in [0.1, 0.15) is 45.6 Å². The van der Waals surface area contributed by atoms with Gasteiger partial charge < -0.3 is 5.32 Å². The highest BCUT2D eigenvalue weighted by Gasteiger charge is 2.23. The van der Waals surface area contributed by atoms with E-state index in [1.54, 1.807) is 6.20 Å². The Balaban J connectivity index is 1.35. The monoisotopic (exact) mass is 402 g/mol. The standard InChI is InChI=1S/C25H30N4O/c1-18-7-6-9-21(15-18)17-28-13-11-22(12-14-28)27-25(30)23-16-26-29(20(23)3)24-10-5-4-8-19(24)2/h4-10,15-16,22H,11-14,17H2,1-3H3,(H,27,30). The lowest BCUT2D eigenvalue weighted by atomic mass is 10.0. The zero-order chi connectivity index (χ0) is 21.1. The van der Waals surface area contributed by atoms with Crippen molar-refractivity contribution in [3.8, 4) is 5.69 Å². The van der Waals surface area contributed by atoms with E-state index in [-0.39, 0.29) is 11.9 Å². The van der Waals surface area contributed by atoms with Gasteiger partial charge in [-0.25, -0.2) is 4.68 Å². The number of hydrogen-bond acceptors (Lipinski definition) is 3. The smallest absolute Gasteiger partial charge is 0.254 e. The van der Waals surface area contributed by atoms with E-state index in [9.17, 15) is 4.79 Å². The second-order valence-electron chi connectivity index (χ2n) is 8.35. The Kier molecular flexibility index (Phi) is 6.00. The summed E-state index contributed by atoms with van der Waals surface area (Å²) in [7, 11) is 0. The Bertz CT molecular complexity index is 1030. The molecule has 0 aliphatic carbocycles. The minimum Gasteiger partial charge on any atom is -0.349 e. The van der Waals surface area contributed by atoms with Crippen molar-refractivity contribution in [3.63, 3.8) is 0 Å². The van der Waals surface area contributed by atoms with E-state index in [1.807, 2.05) is 29.8 Å². The van der Waals surface area contributed by atoms with Gasteiger partial charge in [0.25, 0.3) is 5.91 Å².